The Morgan fingerprint density at radius 2 is 1.82 bits per heavy atom. The average Bonchev–Trinajstić information content (AvgIpc) is 2.55. The summed E-state index contributed by atoms with van der Waals surface area (Å²) in [6.07, 6.45) is 2.43. The van der Waals surface area contributed by atoms with Gasteiger partial charge in [-0.25, -0.2) is 4.79 Å². The molecule has 1 aliphatic rings. The second-order valence-corrected chi connectivity index (χ2v) is 6.18. The van der Waals surface area contributed by atoms with Crippen LogP contribution in [0.4, 0.5) is 0 Å². The van der Waals surface area contributed by atoms with Crippen LogP contribution in [0, 0.1) is 0 Å². The highest BCUT2D eigenvalue weighted by Gasteiger charge is 2.21. The second kappa shape index (κ2) is 8.17. The Labute approximate surface area is 138 Å². The summed E-state index contributed by atoms with van der Waals surface area (Å²) in [5, 5.41) is 0. The van der Waals surface area contributed by atoms with Crippen LogP contribution < -0.4 is 4.74 Å². The van der Waals surface area contributed by atoms with Crippen LogP contribution in [0.15, 0.2) is 28.7 Å². The van der Waals surface area contributed by atoms with Crippen LogP contribution in [-0.4, -0.2) is 42.6 Å². The van der Waals surface area contributed by atoms with Crippen molar-refractivity contribution in [3.05, 3.63) is 28.7 Å². The summed E-state index contributed by atoms with van der Waals surface area (Å²) in [7, 11) is 0. The van der Waals surface area contributed by atoms with Crippen LogP contribution >= 0.6 is 15.9 Å². The molecule has 0 aromatic heterocycles. The summed E-state index contributed by atoms with van der Waals surface area (Å²) in [5.74, 6) is -0.0906. The Morgan fingerprint density at radius 1 is 1.18 bits per heavy atom. The molecule has 6 heteroatoms. The van der Waals surface area contributed by atoms with Gasteiger partial charge < -0.3 is 14.4 Å². The van der Waals surface area contributed by atoms with Gasteiger partial charge in [0.25, 0.3) is 5.91 Å². The van der Waals surface area contributed by atoms with Gasteiger partial charge in [0.1, 0.15) is 5.75 Å². The molecule has 1 saturated heterocycles. The summed E-state index contributed by atoms with van der Waals surface area (Å²) >= 11 is 3.33. The molecule has 1 unspecified atom stereocenters. The molecule has 2 rings (SSSR count). The first-order chi connectivity index (χ1) is 10.6. The molecular formula is C16H20BrNO4. The van der Waals surface area contributed by atoms with Crippen molar-refractivity contribution in [1.82, 2.24) is 4.90 Å². The largest absolute Gasteiger partial charge is 0.479 e. The molecule has 1 atom stereocenters. The van der Waals surface area contributed by atoms with Crippen LogP contribution in [-0.2, 0) is 14.3 Å². The van der Waals surface area contributed by atoms with E-state index in [1.54, 1.807) is 24.0 Å². The van der Waals surface area contributed by atoms with Gasteiger partial charge in [-0.2, -0.15) is 0 Å². The van der Waals surface area contributed by atoms with E-state index in [0.717, 1.165) is 36.8 Å². The molecule has 0 spiro atoms. The van der Waals surface area contributed by atoms with Gasteiger partial charge >= 0.3 is 5.97 Å². The van der Waals surface area contributed by atoms with Gasteiger partial charge in [-0.05, 0) is 50.5 Å². The SMILES string of the molecule is CC(Oc1ccc(Br)cc1)C(=O)OCC(=O)N1CCCCC1. The molecule has 0 bridgehead atoms. The van der Waals surface area contributed by atoms with E-state index >= 15 is 0 Å². The Bertz CT molecular complexity index is 511. The monoisotopic (exact) mass is 369 g/mol. The lowest BCUT2D eigenvalue weighted by atomic mass is 10.1. The zero-order valence-corrected chi connectivity index (χ0v) is 14.2. The normalized spacial score (nSPS) is 16.0. The number of rotatable bonds is 5. The molecule has 1 heterocycles. The first kappa shape index (κ1) is 16.8. The Hall–Kier alpha value is -1.56. The lowest BCUT2D eigenvalue weighted by Gasteiger charge is -2.26. The quantitative estimate of drug-likeness (QED) is 0.748. The van der Waals surface area contributed by atoms with E-state index in [1.165, 1.54) is 0 Å². The van der Waals surface area contributed by atoms with E-state index in [1.807, 2.05) is 12.1 Å². The number of esters is 1. The van der Waals surface area contributed by atoms with Crippen LogP contribution in [0.25, 0.3) is 0 Å². The first-order valence-electron chi connectivity index (χ1n) is 7.43. The summed E-state index contributed by atoms with van der Waals surface area (Å²) in [4.78, 5) is 25.5. The van der Waals surface area contributed by atoms with E-state index in [-0.39, 0.29) is 12.5 Å². The minimum Gasteiger partial charge on any atom is -0.479 e. The van der Waals surface area contributed by atoms with Gasteiger partial charge in [0.15, 0.2) is 12.7 Å². The number of amides is 1. The zero-order valence-electron chi connectivity index (χ0n) is 12.6. The minimum atomic E-state index is -0.754. The summed E-state index contributed by atoms with van der Waals surface area (Å²) in [6, 6.07) is 7.17. The molecule has 22 heavy (non-hydrogen) atoms. The molecule has 0 radical (unpaired) electrons. The maximum Gasteiger partial charge on any atom is 0.347 e. The number of hydrogen-bond donors (Lipinski definition) is 0. The molecule has 0 N–H and O–H groups in total. The molecule has 1 amide bonds. The van der Waals surface area contributed by atoms with Gasteiger partial charge in [-0.3, -0.25) is 4.79 Å². The fourth-order valence-electron chi connectivity index (χ4n) is 2.25. The molecular weight excluding hydrogens is 350 g/mol. The number of piperidine rings is 1. The van der Waals surface area contributed by atoms with Crippen LogP contribution in [0.1, 0.15) is 26.2 Å². The van der Waals surface area contributed by atoms with E-state index in [4.69, 9.17) is 9.47 Å². The van der Waals surface area contributed by atoms with Crippen LogP contribution in [0.2, 0.25) is 0 Å². The van der Waals surface area contributed by atoms with Crippen molar-refractivity contribution in [1.29, 1.82) is 0 Å². The van der Waals surface area contributed by atoms with Crippen molar-refractivity contribution in [2.75, 3.05) is 19.7 Å². The molecule has 0 saturated carbocycles. The Balaban J connectivity index is 1.76. The fourth-order valence-corrected chi connectivity index (χ4v) is 2.51. The molecule has 0 aliphatic carbocycles. The summed E-state index contributed by atoms with van der Waals surface area (Å²) in [5.41, 5.74) is 0. The number of halogens is 1. The molecule has 1 aromatic rings. The van der Waals surface area contributed by atoms with Gasteiger partial charge in [0.05, 0.1) is 0 Å². The fraction of sp³-hybridized carbons (Fsp3) is 0.500. The summed E-state index contributed by atoms with van der Waals surface area (Å²) < 4.78 is 11.5. The Kier molecular flexibility index (Phi) is 6.24. The predicted octanol–water partition coefficient (Wildman–Crippen LogP) is 2.77. The lowest BCUT2D eigenvalue weighted by Crippen LogP contribution is -2.39. The third-order valence-corrected chi connectivity index (χ3v) is 4.03. The third-order valence-electron chi connectivity index (χ3n) is 3.51. The first-order valence-corrected chi connectivity index (χ1v) is 8.22. The number of carbonyl (C=O) groups is 2. The van der Waals surface area contributed by atoms with Gasteiger partial charge in [-0.1, -0.05) is 15.9 Å². The standard InChI is InChI=1S/C16H20BrNO4/c1-12(22-14-7-5-13(17)6-8-14)16(20)21-11-15(19)18-9-3-2-4-10-18/h5-8,12H,2-4,9-11H2,1H3. The number of ether oxygens (including phenoxy) is 2. The van der Waals surface area contributed by atoms with Gasteiger partial charge in [0, 0.05) is 17.6 Å². The topological polar surface area (TPSA) is 55.8 Å². The molecule has 1 fully saturated rings. The van der Waals surface area contributed by atoms with Gasteiger partial charge in [-0.15, -0.1) is 0 Å². The van der Waals surface area contributed by atoms with E-state index in [2.05, 4.69) is 15.9 Å². The van der Waals surface area contributed by atoms with E-state index in [9.17, 15) is 9.59 Å². The van der Waals surface area contributed by atoms with E-state index < -0.39 is 12.1 Å². The maximum absolute atomic E-state index is 11.9. The highest BCUT2D eigenvalue weighted by molar-refractivity contribution is 9.10. The highest BCUT2D eigenvalue weighted by Crippen LogP contribution is 2.17. The molecule has 120 valence electrons. The van der Waals surface area contributed by atoms with Crippen molar-refractivity contribution in [3.63, 3.8) is 0 Å². The van der Waals surface area contributed by atoms with Crippen molar-refractivity contribution in [2.45, 2.75) is 32.3 Å². The number of likely N-dealkylation sites (tertiary alicyclic amines) is 1. The molecule has 5 nitrogen and oxygen atoms in total. The lowest BCUT2D eigenvalue weighted by molar-refractivity contribution is -0.157. The average molecular weight is 370 g/mol. The number of hydrogen-bond acceptors (Lipinski definition) is 4. The van der Waals surface area contributed by atoms with Crippen LogP contribution in [0.3, 0.4) is 0 Å². The van der Waals surface area contributed by atoms with Gasteiger partial charge in [0.2, 0.25) is 0 Å². The van der Waals surface area contributed by atoms with Crippen molar-refractivity contribution in [3.8, 4) is 5.75 Å². The number of benzene rings is 1. The zero-order chi connectivity index (χ0) is 15.9. The van der Waals surface area contributed by atoms with Crippen molar-refractivity contribution in [2.24, 2.45) is 0 Å². The second-order valence-electron chi connectivity index (χ2n) is 5.26. The van der Waals surface area contributed by atoms with Crippen molar-refractivity contribution < 1.29 is 19.1 Å². The smallest absolute Gasteiger partial charge is 0.347 e. The number of carbonyl (C=O) groups excluding carboxylic acids is 2. The summed E-state index contributed by atoms with van der Waals surface area (Å²) in [6.45, 7) is 2.89. The minimum absolute atomic E-state index is 0.135. The van der Waals surface area contributed by atoms with E-state index in [0.29, 0.717) is 5.75 Å². The third kappa shape index (κ3) is 5.02. The van der Waals surface area contributed by atoms with Crippen molar-refractivity contribution >= 4 is 27.8 Å². The van der Waals surface area contributed by atoms with Crippen LogP contribution in [0.5, 0.6) is 5.75 Å². The highest BCUT2D eigenvalue weighted by atomic mass is 79.9. The number of nitrogens with zero attached hydrogens (tertiary/aromatic N) is 1. The Morgan fingerprint density at radius 3 is 2.45 bits per heavy atom. The predicted molar refractivity (Wildman–Crippen MR) is 85.6 cm³/mol. The molecule has 1 aromatic carbocycles. The molecule has 1 aliphatic heterocycles. The maximum atomic E-state index is 11.9.